The largest absolute Gasteiger partial charge is 0.385 e. The third-order valence-corrected chi connectivity index (χ3v) is 5.41. The maximum Gasteiger partial charge on any atom is 0.202 e. The Labute approximate surface area is 166 Å². The van der Waals surface area contributed by atoms with Gasteiger partial charge in [-0.3, -0.25) is 5.73 Å². The number of rotatable bonds is 2. The molecule has 0 saturated carbocycles. The van der Waals surface area contributed by atoms with Gasteiger partial charge in [-0.1, -0.05) is 47.5 Å². The first-order valence-electron chi connectivity index (χ1n) is 9.71. The molecule has 0 radical (unpaired) electrons. The Balaban J connectivity index is 1.50. The van der Waals surface area contributed by atoms with E-state index < -0.39 is 5.66 Å². The van der Waals surface area contributed by atoms with E-state index in [2.05, 4.69) is 53.2 Å². The van der Waals surface area contributed by atoms with Gasteiger partial charge in [0.05, 0.1) is 0 Å². The lowest BCUT2D eigenvalue weighted by Crippen LogP contribution is -2.56. The van der Waals surface area contributed by atoms with Crippen molar-refractivity contribution in [1.82, 2.24) is 10.2 Å². The van der Waals surface area contributed by atoms with Gasteiger partial charge in [0.2, 0.25) is 5.96 Å². The summed E-state index contributed by atoms with van der Waals surface area (Å²) in [6.45, 7) is 7.74. The smallest absolute Gasteiger partial charge is 0.202 e. The van der Waals surface area contributed by atoms with Crippen LogP contribution in [0.5, 0.6) is 0 Å². The van der Waals surface area contributed by atoms with Crippen molar-refractivity contribution < 1.29 is 0 Å². The molecule has 1 fully saturated rings. The number of aliphatic imine (C=N–C) groups is 1. The highest BCUT2D eigenvalue weighted by Gasteiger charge is 2.31. The molecule has 0 aliphatic carbocycles. The Bertz CT molecular complexity index is 892. The van der Waals surface area contributed by atoms with E-state index in [0.29, 0.717) is 5.82 Å². The van der Waals surface area contributed by atoms with Crippen molar-refractivity contribution in [2.45, 2.75) is 19.5 Å². The van der Waals surface area contributed by atoms with Gasteiger partial charge < -0.3 is 20.9 Å². The van der Waals surface area contributed by atoms with Crippen molar-refractivity contribution in [2.75, 3.05) is 31.1 Å². The van der Waals surface area contributed by atoms with Gasteiger partial charge in [-0.15, -0.1) is 0 Å². The fourth-order valence-corrected chi connectivity index (χ4v) is 3.69. The zero-order valence-electron chi connectivity index (χ0n) is 16.5. The van der Waals surface area contributed by atoms with Crippen LogP contribution in [0, 0.1) is 13.8 Å². The Kier molecular flexibility index (Phi) is 4.73. The van der Waals surface area contributed by atoms with Crippen molar-refractivity contribution >= 4 is 11.6 Å². The van der Waals surface area contributed by atoms with Gasteiger partial charge in [0.1, 0.15) is 5.82 Å². The lowest BCUT2D eigenvalue weighted by atomic mass is 9.98. The summed E-state index contributed by atoms with van der Waals surface area (Å²) in [7, 11) is 0. The van der Waals surface area contributed by atoms with Gasteiger partial charge >= 0.3 is 0 Å². The maximum atomic E-state index is 6.63. The first kappa shape index (κ1) is 18.4. The molecular weight excluding hydrogens is 348 g/mol. The molecule has 146 valence electrons. The summed E-state index contributed by atoms with van der Waals surface area (Å²) in [5.41, 5.74) is 16.5. The molecule has 2 aromatic rings. The molecule has 1 saturated heterocycles. The summed E-state index contributed by atoms with van der Waals surface area (Å²) in [6, 6.07) is 16.8. The van der Waals surface area contributed by atoms with Crippen LogP contribution in [0.3, 0.4) is 0 Å². The van der Waals surface area contributed by atoms with Gasteiger partial charge in [-0.25, -0.2) is 4.99 Å². The molecule has 6 nitrogen and oxygen atoms in total. The first-order chi connectivity index (χ1) is 13.4. The molecule has 1 unspecified atom stereocenters. The molecule has 0 aromatic heterocycles. The quantitative estimate of drug-likeness (QED) is 0.747. The minimum Gasteiger partial charge on any atom is -0.385 e. The van der Waals surface area contributed by atoms with E-state index in [1.807, 2.05) is 24.3 Å². The Hall–Kier alpha value is -2.99. The Morgan fingerprint density at radius 1 is 0.857 bits per heavy atom. The zero-order chi connectivity index (χ0) is 19.7. The van der Waals surface area contributed by atoms with Crippen LogP contribution >= 0.6 is 0 Å². The first-order valence-corrected chi connectivity index (χ1v) is 9.71. The average molecular weight is 377 g/mol. The van der Waals surface area contributed by atoms with Gasteiger partial charge in [0, 0.05) is 37.9 Å². The van der Waals surface area contributed by atoms with E-state index in [1.165, 1.54) is 16.8 Å². The standard InChI is InChI=1S/C22H28N6/c1-16-3-7-18(8-4-16)22(24)15-20(23)25-21(26-22)28-13-11-27(12-14-28)19-9-5-17(2)6-10-19/h3-10,15H,11-14,23-24H2,1-2H3,(H,25,26). The molecule has 0 spiro atoms. The van der Waals surface area contributed by atoms with Gasteiger partial charge in [-0.05, 0) is 31.5 Å². The third kappa shape index (κ3) is 3.68. The lowest BCUT2D eigenvalue weighted by Gasteiger charge is -2.40. The molecule has 28 heavy (non-hydrogen) atoms. The number of hydrogen-bond donors (Lipinski definition) is 3. The van der Waals surface area contributed by atoms with E-state index in [0.717, 1.165) is 37.7 Å². The van der Waals surface area contributed by atoms with Gasteiger partial charge in [0.25, 0.3) is 0 Å². The van der Waals surface area contributed by atoms with Crippen LogP contribution in [0.1, 0.15) is 16.7 Å². The van der Waals surface area contributed by atoms with E-state index in [-0.39, 0.29) is 0 Å². The molecule has 4 rings (SSSR count). The third-order valence-electron chi connectivity index (χ3n) is 5.41. The van der Waals surface area contributed by atoms with Gasteiger partial charge in [-0.2, -0.15) is 0 Å². The lowest BCUT2D eigenvalue weighted by molar-refractivity contribution is 0.366. The molecule has 1 atom stereocenters. The van der Waals surface area contributed by atoms with Crippen LogP contribution in [0.4, 0.5) is 5.69 Å². The SMILES string of the molecule is Cc1ccc(N2CCN(C3=NC(N)(c4ccc(C)cc4)C=C(N)N3)CC2)cc1. The van der Waals surface area contributed by atoms with E-state index >= 15 is 0 Å². The second-order valence-corrected chi connectivity index (χ2v) is 7.66. The molecule has 5 N–H and O–H groups in total. The second kappa shape index (κ2) is 7.20. The molecule has 2 heterocycles. The number of anilines is 1. The van der Waals surface area contributed by atoms with Crippen LogP contribution in [0.15, 0.2) is 65.4 Å². The van der Waals surface area contributed by atoms with Crippen LogP contribution in [-0.4, -0.2) is 37.0 Å². The van der Waals surface area contributed by atoms with Crippen LogP contribution in [0.25, 0.3) is 0 Å². The highest BCUT2D eigenvalue weighted by atomic mass is 15.4. The van der Waals surface area contributed by atoms with Crippen molar-refractivity contribution in [3.05, 3.63) is 77.1 Å². The van der Waals surface area contributed by atoms with Crippen LogP contribution in [-0.2, 0) is 5.66 Å². The molecule has 2 aliphatic rings. The maximum absolute atomic E-state index is 6.63. The molecule has 0 amide bonds. The minimum absolute atomic E-state index is 0.536. The number of guanidine groups is 1. The van der Waals surface area contributed by atoms with E-state index in [1.54, 1.807) is 6.08 Å². The number of nitrogens with two attached hydrogens (primary N) is 2. The fraction of sp³-hybridized carbons (Fsp3) is 0.318. The summed E-state index contributed by atoms with van der Waals surface area (Å²) >= 11 is 0. The minimum atomic E-state index is -0.952. The van der Waals surface area contributed by atoms with Crippen molar-refractivity contribution in [3.8, 4) is 0 Å². The molecule has 6 heteroatoms. The van der Waals surface area contributed by atoms with Crippen molar-refractivity contribution in [1.29, 1.82) is 0 Å². The zero-order valence-corrected chi connectivity index (χ0v) is 16.5. The van der Waals surface area contributed by atoms with Crippen LogP contribution < -0.4 is 21.7 Å². The number of benzene rings is 2. The molecule has 2 aromatic carbocycles. The summed E-state index contributed by atoms with van der Waals surface area (Å²) in [5.74, 6) is 1.28. The number of nitrogens with one attached hydrogen (secondary N) is 1. The highest BCUT2D eigenvalue weighted by molar-refractivity contribution is 5.83. The number of aryl methyl sites for hydroxylation is 2. The van der Waals surface area contributed by atoms with Crippen LogP contribution in [0.2, 0.25) is 0 Å². The molecule has 0 bridgehead atoms. The molecular formula is C22H28N6. The average Bonchev–Trinajstić information content (AvgIpc) is 2.68. The van der Waals surface area contributed by atoms with Gasteiger partial charge in [0.15, 0.2) is 5.66 Å². The predicted octanol–water partition coefficient (Wildman–Crippen LogP) is 2.00. The normalized spacial score (nSPS) is 22.4. The Morgan fingerprint density at radius 2 is 1.39 bits per heavy atom. The number of hydrogen-bond acceptors (Lipinski definition) is 6. The summed E-state index contributed by atoms with van der Waals surface area (Å²) in [6.07, 6.45) is 1.78. The van der Waals surface area contributed by atoms with Crippen molar-refractivity contribution in [2.24, 2.45) is 16.5 Å². The predicted molar refractivity (Wildman–Crippen MR) is 115 cm³/mol. The number of piperazine rings is 1. The Morgan fingerprint density at radius 3 is 2.00 bits per heavy atom. The second-order valence-electron chi connectivity index (χ2n) is 7.66. The van der Waals surface area contributed by atoms with Crippen molar-refractivity contribution in [3.63, 3.8) is 0 Å². The summed E-state index contributed by atoms with van der Waals surface area (Å²) < 4.78 is 0. The molecule has 2 aliphatic heterocycles. The highest BCUT2D eigenvalue weighted by Crippen LogP contribution is 2.26. The fourth-order valence-electron chi connectivity index (χ4n) is 3.69. The van der Waals surface area contributed by atoms with E-state index in [4.69, 9.17) is 16.5 Å². The monoisotopic (exact) mass is 376 g/mol. The topological polar surface area (TPSA) is 82.9 Å². The van der Waals surface area contributed by atoms with E-state index in [9.17, 15) is 0 Å². The summed E-state index contributed by atoms with van der Waals surface area (Å²) in [5, 5.41) is 3.20. The number of nitrogens with zero attached hydrogens (tertiary/aromatic N) is 3. The summed E-state index contributed by atoms with van der Waals surface area (Å²) in [4.78, 5) is 9.45.